The Balaban J connectivity index is 2.42. The highest BCUT2D eigenvalue weighted by atomic mass is 16.2. The zero-order chi connectivity index (χ0) is 14.3. The third-order valence-corrected chi connectivity index (χ3v) is 3.46. The molecule has 0 aliphatic heterocycles. The van der Waals surface area contributed by atoms with Crippen molar-refractivity contribution in [3.63, 3.8) is 0 Å². The van der Waals surface area contributed by atoms with Gasteiger partial charge in [-0.05, 0) is 52.9 Å². The number of urea groups is 1. The van der Waals surface area contributed by atoms with Crippen molar-refractivity contribution in [1.82, 2.24) is 5.43 Å². The van der Waals surface area contributed by atoms with Crippen LogP contribution in [0.4, 0.5) is 4.79 Å². The number of hydrazone groups is 1. The van der Waals surface area contributed by atoms with Crippen LogP contribution in [-0.2, 0) is 0 Å². The first-order chi connectivity index (χ1) is 8.99. The smallest absolute Gasteiger partial charge is 0.332 e. The number of hydrogen-bond acceptors (Lipinski definition) is 2. The van der Waals surface area contributed by atoms with Gasteiger partial charge in [0.05, 0.1) is 0 Å². The number of carbonyl (C=O) groups excluding carboxylic acids is 1. The lowest BCUT2D eigenvalue weighted by molar-refractivity contribution is 0.249. The lowest BCUT2D eigenvalue weighted by Gasteiger charge is -2.21. The molecule has 0 fully saturated rings. The molecule has 0 radical (unpaired) electrons. The van der Waals surface area contributed by atoms with Crippen LogP contribution < -0.4 is 11.2 Å². The van der Waals surface area contributed by atoms with Gasteiger partial charge >= 0.3 is 6.03 Å². The van der Waals surface area contributed by atoms with Crippen LogP contribution in [0.3, 0.4) is 0 Å². The number of hydrogen-bond donors (Lipinski definition) is 2. The predicted molar refractivity (Wildman–Crippen MR) is 79.9 cm³/mol. The summed E-state index contributed by atoms with van der Waals surface area (Å²) in [5.41, 5.74) is 11.2. The van der Waals surface area contributed by atoms with Gasteiger partial charge in [-0.25, -0.2) is 10.2 Å². The van der Waals surface area contributed by atoms with E-state index in [1.165, 1.54) is 5.57 Å². The van der Waals surface area contributed by atoms with E-state index in [1.807, 2.05) is 6.92 Å². The molecule has 0 bridgehead atoms. The number of rotatable bonds is 5. The molecule has 1 rings (SSSR count). The number of allylic oxidation sites excluding steroid dienone is 4. The van der Waals surface area contributed by atoms with Crippen LogP contribution in [0, 0.1) is 5.92 Å². The van der Waals surface area contributed by atoms with E-state index in [2.05, 4.69) is 36.5 Å². The summed E-state index contributed by atoms with van der Waals surface area (Å²) >= 11 is 0. The second-order valence-corrected chi connectivity index (χ2v) is 5.38. The zero-order valence-electron chi connectivity index (χ0n) is 12.2. The summed E-state index contributed by atoms with van der Waals surface area (Å²) < 4.78 is 0. The van der Waals surface area contributed by atoms with Crippen LogP contribution in [0.1, 0.15) is 52.9 Å². The first-order valence-electron chi connectivity index (χ1n) is 6.90. The normalized spacial score (nSPS) is 19.6. The number of nitrogens with zero attached hydrogens (tertiary/aromatic N) is 1. The van der Waals surface area contributed by atoms with Crippen molar-refractivity contribution < 1.29 is 4.79 Å². The second-order valence-electron chi connectivity index (χ2n) is 5.38. The Morgan fingerprint density at radius 1 is 1.53 bits per heavy atom. The average Bonchev–Trinajstić information content (AvgIpc) is 2.36. The molecule has 0 spiro atoms. The van der Waals surface area contributed by atoms with Gasteiger partial charge in [0.25, 0.3) is 0 Å². The summed E-state index contributed by atoms with van der Waals surface area (Å²) in [5.74, 6) is 0.430. The molecule has 0 aromatic carbocycles. The van der Waals surface area contributed by atoms with E-state index in [-0.39, 0.29) is 0 Å². The lowest BCUT2D eigenvalue weighted by atomic mass is 9.85. The first kappa shape index (κ1) is 15.5. The largest absolute Gasteiger partial charge is 0.350 e. The quantitative estimate of drug-likeness (QED) is 0.445. The van der Waals surface area contributed by atoms with Crippen LogP contribution in [-0.4, -0.2) is 11.7 Å². The second kappa shape index (κ2) is 7.77. The van der Waals surface area contributed by atoms with Gasteiger partial charge in [-0.2, -0.15) is 5.10 Å². The summed E-state index contributed by atoms with van der Waals surface area (Å²) in [7, 11) is 0. The topological polar surface area (TPSA) is 67.5 Å². The van der Waals surface area contributed by atoms with Crippen molar-refractivity contribution in [2.24, 2.45) is 16.8 Å². The van der Waals surface area contributed by atoms with Crippen molar-refractivity contribution in [2.75, 3.05) is 0 Å². The molecule has 106 valence electrons. The Kier molecular flexibility index (Phi) is 6.33. The molecule has 0 saturated carbocycles. The van der Waals surface area contributed by atoms with Crippen LogP contribution in [0.5, 0.6) is 0 Å². The van der Waals surface area contributed by atoms with E-state index >= 15 is 0 Å². The zero-order valence-corrected chi connectivity index (χ0v) is 12.2. The SMILES string of the molecule is CC(C)=CCCC1=CC[C@@H](/C(C)=N/NC(N)=O)CC1. The molecule has 0 saturated heterocycles. The third-order valence-electron chi connectivity index (χ3n) is 3.46. The molecule has 2 amide bonds. The molecule has 19 heavy (non-hydrogen) atoms. The van der Waals surface area contributed by atoms with E-state index in [4.69, 9.17) is 5.73 Å². The molecule has 1 aliphatic rings. The Hall–Kier alpha value is -1.58. The number of nitrogens with one attached hydrogen (secondary N) is 1. The molecular weight excluding hydrogens is 238 g/mol. The minimum atomic E-state index is -0.604. The number of carbonyl (C=O) groups is 1. The van der Waals surface area contributed by atoms with Crippen molar-refractivity contribution >= 4 is 11.7 Å². The van der Waals surface area contributed by atoms with E-state index < -0.39 is 6.03 Å². The van der Waals surface area contributed by atoms with Gasteiger partial charge in [0.1, 0.15) is 0 Å². The highest BCUT2D eigenvalue weighted by Crippen LogP contribution is 2.27. The van der Waals surface area contributed by atoms with E-state index in [0.717, 1.165) is 37.8 Å². The number of nitrogens with two attached hydrogens (primary N) is 1. The molecule has 0 unspecified atom stereocenters. The Bertz CT molecular complexity index is 404. The number of amides is 2. The molecule has 4 heteroatoms. The first-order valence-corrected chi connectivity index (χ1v) is 6.90. The fraction of sp³-hybridized carbons (Fsp3) is 0.600. The summed E-state index contributed by atoms with van der Waals surface area (Å²) in [6.45, 7) is 6.22. The van der Waals surface area contributed by atoms with Gasteiger partial charge in [-0.3, -0.25) is 0 Å². The average molecular weight is 263 g/mol. The molecule has 0 heterocycles. The Morgan fingerprint density at radius 3 is 2.79 bits per heavy atom. The van der Waals surface area contributed by atoms with E-state index in [9.17, 15) is 4.79 Å². The van der Waals surface area contributed by atoms with Crippen molar-refractivity contribution in [1.29, 1.82) is 0 Å². The predicted octanol–water partition coefficient (Wildman–Crippen LogP) is 3.50. The fourth-order valence-electron chi connectivity index (χ4n) is 2.28. The van der Waals surface area contributed by atoms with Crippen molar-refractivity contribution in [3.05, 3.63) is 23.3 Å². The van der Waals surface area contributed by atoms with Crippen LogP contribution in [0.15, 0.2) is 28.4 Å². The van der Waals surface area contributed by atoms with Gasteiger partial charge in [0.2, 0.25) is 0 Å². The van der Waals surface area contributed by atoms with Gasteiger partial charge in [0, 0.05) is 11.6 Å². The lowest BCUT2D eigenvalue weighted by Crippen LogP contribution is -2.27. The highest BCUT2D eigenvalue weighted by Gasteiger charge is 2.16. The summed E-state index contributed by atoms with van der Waals surface area (Å²) in [5, 5.41) is 4.01. The van der Waals surface area contributed by atoms with E-state index in [0.29, 0.717) is 5.92 Å². The fourth-order valence-corrected chi connectivity index (χ4v) is 2.28. The summed E-state index contributed by atoms with van der Waals surface area (Å²) in [4.78, 5) is 10.6. The van der Waals surface area contributed by atoms with Crippen molar-refractivity contribution in [3.8, 4) is 0 Å². The van der Waals surface area contributed by atoms with Crippen LogP contribution >= 0.6 is 0 Å². The van der Waals surface area contributed by atoms with Gasteiger partial charge in [0.15, 0.2) is 0 Å². The third kappa shape index (κ3) is 6.22. The maximum absolute atomic E-state index is 10.6. The van der Waals surface area contributed by atoms with Gasteiger partial charge in [-0.15, -0.1) is 0 Å². The molecule has 1 atom stereocenters. The monoisotopic (exact) mass is 263 g/mol. The molecule has 1 aliphatic carbocycles. The van der Waals surface area contributed by atoms with E-state index in [1.54, 1.807) is 5.57 Å². The Morgan fingerprint density at radius 2 is 2.26 bits per heavy atom. The molecule has 0 aromatic rings. The number of primary amides is 1. The molecular formula is C15H25N3O. The molecule has 4 nitrogen and oxygen atoms in total. The van der Waals surface area contributed by atoms with Crippen LogP contribution in [0.25, 0.3) is 0 Å². The maximum Gasteiger partial charge on any atom is 0.332 e. The van der Waals surface area contributed by atoms with Crippen LogP contribution in [0.2, 0.25) is 0 Å². The maximum atomic E-state index is 10.6. The summed E-state index contributed by atoms with van der Waals surface area (Å²) in [6, 6.07) is -0.604. The van der Waals surface area contributed by atoms with Gasteiger partial charge in [-0.1, -0.05) is 23.3 Å². The minimum absolute atomic E-state index is 0.430. The minimum Gasteiger partial charge on any atom is -0.350 e. The van der Waals surface area contributed by atoms with Gasteiger partial charge < -0.3 is 5.73 Å². The standard InChI is InChI=1S/C15H25N3O/c1-11(2)5-4-6-13-7-9-14(10-8-13)12(3)17-18-15(16)19/h5,7,14H,4,6,8-10H2,1-3H3,(H3,16,18,19)/b17-12+/t14-/m1/s1. The summed E-state index contributed by atoms with van der Waals surface area (Å²) in [6.07, 6.45) is 10.2. The van der Waals surface area contributed by atoms with Crippen molar-refractivity contribution in [2.45, 2.75) is 52.9 Å². The molecule has 3 N–H and O–H groups in total. The Labute approximate surface area is 115 Å². The highest BCUT2D eigenvalue weighted by molar-refractivity contribution is 5.86. The molecule has 0 aromatic heterocycles.